The normalized spacial score (nSPS) is 16.1. The zero-order chi connectivity index (χ0) is 25.8. The quantitative estimate of drug-likeness (QED) is 0.440. The Bertz CT molecular complexity index is 1360. The van der Waals surface area contributed by atoms with Gasteiger partial charge in [-0.1, -0.05) is 0 Å². The first-order chi connectivity index (χ1) is 16.4. The molecule has 0 aliphatic heterocycles. The van der Waals surface area contributed by atoms with Gasteiger partial charge in [-0.15, -0.1) is 0 Å². The summed E-state index contributed by atoms with van der Waals surface area (Å²) in [6, 6.07) is 4.42. The van der Waals surface area contributed by atoms with Gasteiger partial charge in [0.15, 0.2) is 11.5 Å². The Labute approximate surface area is 200 Å². The zero-order valence-corrected chi connectivity index (χ0v) is 19.6. The van der Waals surface area contributed by atoms with Gasteiger partial charge in [-0.3, -0.25) is 19.2 Å². The number of aromatic hydroxyl groups is 2. The largest absolute Gasteiger partial charge is 0.507 e. The highest BCUT2D eigenvalue weighted by molar-refractivity contribution is 6.18. The summed E-state index contributed by atoms with van der Waals surface area (Å²) in [5.74, 6) is -5.02. The van der Waals surface area contributed by atoms with Crippen molar-refractivity contribution in [3.63, 3.8) is 0 Å². The molecule has 0 saturated carbocycles. The second-order valence-corrected chi connectivity index (χ2v) is 8.71. The van der Waals surface area contributed by atoms with Crippen molar-refractivity contribution in [1.82, 2.24) is 0 Å². The topological polar surface area (TPSA) is 156 Å². The van der Waals surface area contributed by atoms with Crippen molar-refractivity contribution in [2.75, 3.05) is 19.0 Å². The van der Waals surface area contributed by atoms with Gasteiger partial charge in [0.2, 0.25) is 0 Å². The maximum Gasteiger partial charge on any atom is 0.308 e. The van der Waals surface area contributed by atoms with Gasteiger partial charge in [0.1, 0.15) is 22.8 Å². The Balaban J connectivity index is 2.08. The molecule has 0 saturated heterocycles. The van der Waals surface area contributed by atoms with Crippen LogP contribution in [0.25, 0.3) is 5.76 Å². The van der Waals surface area contributed by atoms with Crippen LogP contribution in [0.4, 0.5) is 5.69 Å². The van der Waals surface area contributed by atoms with E-state index < -0.39 is 46.6 Å². The zero-order valence-electron chi connectivity index (χ0n) is 19.6. The number of esters is 2. The number of nitrogens with two attached hydrogens (primary N) is 1. The molecule has 4 N–H and O–H groups in total. The Morgan fingerprint density at radius 2 is 1.66 bits per heavy atom. The van der Waals surface area contributed by atoms with E-state index in [1.54, 1.807) is 6.07 Å². The minimum absolute atomic E-state index is 0.00769. The number of hydrogen-bond donors (Lipinski definition) is 3. The Morgan fingerprint density at radius 3 is 2.23 bits per heavy atom. The van der Waals surface area contributed by atoms with Crippen LogP contribution in [0.1, 0.15) is 51.3 Å². The number of ketones is 1. The van der Waals surface area contributed by atoms with Crippen LogP contribution in [0.2, 0.25) is 0 Å². The molecule has 10 heteroatoms. The fourth-order valence-electron chi connectivity index (χ4n) is 4.87. The molecule has 2 aliphatic carbocycles. The molecule has 0 heterocycles. The van der Waals surface area contributed by atoms with Gasteiger partial charge in [-0.25, -0.2) is 0 Å². The molecule has 0 unspecified atom stereocenters. The fourth-order valence-corrected chi connectivity index (χ4v) is 4.87. The molecule has 35 heavy (non-hydrogen) atoms. The average molecular weight is 480 g/mol. The predicted octanol–water partition coefficient (Wildman–Crippen LogP) is 2.07. The number of benzene rings is 2. The van der Waals surface area contributed by atoms with Crippen LogP contribution in [-0.4, -0.2) is 47.9 Å². The Kier molecular flexibility index (Phi) is 5.75. The van der Waals surface area contributed by atoms with E-state index in [1.165, 1.54) is 12.1 Å². The molecular formula is C25H24N2O8. The highest BCUT2D eigenvalue weighted by Gasteiger charge is 2.43. The number of hydrogen-bond acceptors (Lipinski definition) is 9. The SMILES string of the molecule is CC(=O)OC1=C2C(=O)c3c(O)ccc(N(C)C)c3C[C@H]2Cc2cc(O)c(C(N)=O)c(OC(C)=O)c21. The lowest BCUT2D eigenvalue weighted by Crippen LogP contribution is -2.32. The fraction of sp³-hybridized carbons (Fsp3) is 0.280. The monoisotopic (exact) mass is 480 g/mol. The van der Waals surface area contributed by atoms with Gasteiger partial charge in [0.25, 0.3) is 5.91 Å². The molecule has 4 rings (SSSR count). The maximum absolute atomic E-state index is 13.8. The minimum atomic E-state index is -1.08. The van der Waals surface area contributed by atoms with Gasteiger partial charge in [0, 0.05) is 39.2 Å². The summed E-state index contributed by atoms with van der Waals surface area (Å²) < 4.78 is 10.8. The lowest BCUT2D eigenvalue weighted by molar-refractivity contribution is -0.134. The van der Waals surface area contributed by atoms with Gasteiger partial charge in [-0.05, 0) is 48.1 Å². The van der Waals surface area contributed by atoms with E-state index >= 15 is 0 Å². The predicted molar refractivity (Wildman–Crippen MR) is 124 cm³/mol. The van der Waals surface area contributed by atoms with Crippen molar-refractivity contribution >= 4 is 35.1 Å². The molecule has 0 fully saturated rings. The maximum atomic E-state index is 13.8. The summed E-state index contributed by atoms with van der Waals surface area (Å²) in [5.41, 5.74) is 6.93. The third kappa shape index (κ3) is 3.86. The smallest absolute Gasteiger partial charge is 0.308 e. The number of carbonyl (C=O) groups is 4. The Morgan fingerprint density at radius 1 is 1.00 bits per heavy atom. The van der Waals surface area contributed by atoms with Crippen molar-refractivity contribution in [3.05, 3.63) is 51.6 Å². The molecule has 182 valence electrons. The molecule has 1 amide bonds. The lowest BCUT2D eigenvalue weighted by atomic mass is 9.70. The molecule has 10 nitrogen and oxygen atoms in total. The summed E-state index contributed by atoms with van der Waals surface area (Å²) in [6.07, 6.45) is 0.522. The highest BCUT2D eigenvalue weighted by atomic mass is 16.5. The molecule has 0 aromatic heterocycles. The van der Waals surface area contributed by atoms with E-state index in [0.717, 1.165) is 19.5 Å². The van der Waals surface area contributed by atoms with Gasteiger partial charge in [-0.2, -0.15) is 0 Å². The molecule has 2 aromatic carbocycles. The van der Waals surface area contributed by atoms with Crippen molar-refractivity contribution in [1.29, 1.82) is 0 Å². The molecule has 0 bridgehead atoms. The van der Waals surface area contributed by atoms with Crippen molar-refractivity contribution in [2.24, 2.45) is 11.7 Å². The van der Waals surface area contributed by atoms with Crippen LogP contribution >= 0.6 is 0 Å². The highest BCUT2D eigenvalue weighted by Crippen LogP contribution is 2.50. The second-order valence-electron chi connectivity index (χ2n) is 8.71. The molecule has 0 radical (unpaired) electrons. The van der Waals surface area contributed by atoms with Crippen LogP contribution in [0.15, 0.2) is 23.8 Å². The molecular weight excluding hydrogens is 456 g/mol. The van der Waals surface area contributed by atoms with Crippen LogP contribution in [0, 0.1) is 5.92 Å². The van der Waals surface area contributed by atoms with Crippen LogP contribution in [-0.2, 0) is 27.2 Å². The second kappa shape index (κ2) is 8.46. The van der Waals surface area contributed by atoms with Crippen molar-refractivity contribution in [3.8, 4) is 17.2 Å². The first-order valence-electron chi connectivity index (χ1n) is 10.8. The van der Waals surface area contributed by atoms with Gasteiger partial charge < -0.3 is 30.3 Å². The third-order valence-corrected chi connectivity index (χ3v) is 6.10. The number of anilines is 1. The Hall–Kier alpha value is -4.34. The van der Waals surface area contributed by atoms with Crippen LogP contribution in [0.5, 0.6) is 17.2 Å². The van der Waals surface area contributed by atoms with Crippen molar-refractivity contribution in [2.45, 2.75) is 26.7 Å². The minimum Gasteiger partial charge on any atom is -0.507 e. The van der Waals surface area contributed by atoms with Gasteiger partial charge in [0.05, 0.1) is 11.1 Å². The summed E-state index contributed by atoms with van der Waals surface area (Å²) in [4.78, 5) is 51.7. The molecule has 0 spiro atoms. The summed E-state index contributed by atoms with van der Waals surface area (Å²) >= 11 is 0. The van der Waals surface area contributed by atoms with Crippen molar-refractivity contribution < 1.29 is 38.9 Å². The van der Waals surface area contributed by atoms with E-state index in [4.69, 9.17) is 15.2 Å². The van der Waals surface area contributed by atoms with Gasteiger partial charge >= 0.3 is 11.9 Å². The molecule has 2 aromatic rings. The number of phenols is 2. The van der Waals surface area contributed by atoms with E-state index in [1.807, 2.05) is 19.0 Å². The standard InChI is InChI=1S/C25H24N2O8/c1-10(28)34-23-18-12(8-14-15(27(3)4)5-6-16(30)20(14)22(18)32)7-13-9-17(31)21(25(26)33)24(19(13)23)35-11(2)29/h5-6,9,12,30-31H,7-8H2,1-4H3,(H2,26,33)/t12-/m1/s1. The first-order valence-corrected chi connectivity index (χ1v) is 10.8. The number of phenolic OH excluding ortho intramolecular Hbond substituents is 1. The third-order valence-electron chi connectivity index (χ3n) is 6.10. The summed E-state index contributed by atoms with van der Waals surface area (Å²) in [5, 5.41) is 21.1. The number of carbonyl (C=O) groups excluding carboxylic acids is 4. The number of nitrogens with zero attached hydrogens (tertiary/aromatic N) is 1. The number of amides is 1. The summed E-state index contributed by atoms with van der Waals surface area (Å²) in [7, 11) is 3.63. The van der Waals surface area contributed by atoms with E-state index in [2.05, 4.69) is 0 Å². The average Bonchev–Trinajstić information content (AvgIpc) is 2.71. The summed E-state index contributed by atoms with van der Waals surface area (Å²) in [6.45, 7) is 2.23. The van der Waals surface area contributed by atoms with E-state index in [9.17, 15) is 29.4 Å². The molecule has 2 aliphatic rings. The number of primary amides is 1. The van der Waals surface area contributed by atoms with Crippen LogP contribution < -0.4 is 15.4 Å². The number of fused-ring (bicyclic) bond motifs is 3. The number of allylic oxidation sites excluding steroid dienone is 1. The lowest BCUT2D eigenvalue weighted by Gasteiger charge is -2.35. The number of rotatable bonds is 4. The van der Waals surface area contributed by atoms with Crippen LogP contribution in [0.3, 0.4) is 0 Å². The first kappa shape index (κ1) is 23.8. The number of ether oxygens (including phenoxy) is 2. The van der Waals surface area contributed by atoms with E-state index in [-0.39, 0.29) is 34.6 Å². The number of Topliss-reactive ketones (excluding diaryl/α,β-unsaturated/α-hetero) is 1. The van der Waals surface area contributed by atoms with E-state index in [0.29, 0.717) is 17.5 Å². The molecule has 1 atom stereocenters.